The van der Waals surface area contributed by atoms with Crippen LogP contribution in [0.25, 0.3) is 22.3 Å². The van der Waals surface area contributed by atoms with Crippen molar-refractivity contribution in [2.75, 3.05) is 0 Å². The Morgan fingerprint density at radius 3 is 2.21 bits per heavy atom. The summed E-state index contributed by atoms with van der Waals surface area (Å²) in [7, 11) is 0. The Morgan fingerprint density at radius 2 is 1.60 bits per heavy atom. The first-order chi connectivity index (χ1) is 20.4. The predicted molar refractivity (Wildman–Crippen MR) is 156 cm³/mol. The average molecular weight is 675 g/mol. The third-order valence-corrected chi connectivity index (χ3v) is 7.54. The summed E-state index contributed by atoms with van der Waals surface area (Å²) in [5, 5.41) is 17.4. The minimum absolute atomic E-state index is 0.00778. The smallest absolute Gasteiger partial charge is 0.416 e. The summed E-state index contributed by atoms with van der Waals surface area (Å²) in [6, 6.07) is 18.3. The van der Waals surface area contributed by atoms with E-state index in [1.54, 1.807) is 13.0 Å². The van der Waals surface area contributed by atoms with E-state index < -0.39 is 29.5 Å². The Labute approximate surface area is 256 Å². The third-order valence-electron chi connectivity index (χ3n) is 6.65. The van der Waals surface area contributed by atoms with E-state index in [1.807, 2.05) is 24.3 Å². The van der Waals surface area contributed by atoms with Crippen LogP contribution in [0.5, 0.6) is 5.75 Å². The van der Waals surface area contributed by atoms with Crippen molar-refractivity contribution in [3.8, 4) is 28.0 Å². The zero-order chi connectivity index (χ0) is 30.9. The van der Waals surface area contributed by atoms with Gasteiger partial charge in [-0.05, 0) is 87.1 Å². The number of phenolic OH excluding ortho intramolecular Hbond substituents is 1. The number of carbonyl (C=O) groups excluding carboxylic acids is 1. The summed E-state index contributed by atoms with van der Waals surface area (Å²) in [6.07, 6.45) is -4.26. The maximum absolute atomic E-state index is 13.6. The number of aromatic nitrogens is 2. The Morgan fingerprint density at radius 1 is 0.977 bits per heavy atom. The van der Waals surface area contributed by atoms with E-state index in [4.69, 9.17) is 16.1 Å². The van der Waals surface area contributed by atoms with Gasteiger partial charge in [0.25, 0.3) is 5.91 Å². The molecule has 6 nitrogen and oxygen atoms in total. The van der Waals surface area contributed by atoms with Crippen molar-refractivity contribution in [3.63, 3.8) is 0 Å². The van der Waals surface area contributed by atoms with Crippen molar-refractivity contribution in [3.05, 3.63) is 123 Å². The van der Waals surface area contributed by atoms with Crippen molar-refractivity contribution in [1.82, 2.24) is 15.5 Å². The second-order valence-corrected chi connectivity index (χ2v) is 10.9. The summed E-state index contributed by atoms with van der Waals surface area (Å²) >= 11 is 9.15. The van der Waals surface area contributed by atoms with Crippen molar-refractivity contribution in [2.45, 2.75) is 25.6 Å². The van der Waals surface area contributed by atoms with Crippen LogP contribution in [-0.4, -0.2) is 21.2 Å². The molecule has 2 N–H and O–H groups in total. The lowest BCUT2D eigenvalue weighted by Gasteiger charge is -2.17. The van der Waals surface area contributed by atoms with Gasteiger partial charge in [0.1, 0.15) is 17.6 Å². The molecule has 12 heteroatoms. The highest BCUT2D eigenvalue weighted by molar-refractivity contribution is 9.10. The van der Waals surface area contributed by atoms with Gasteiger partial charge in [0, 0.05) is 6.42 Å². The molecule has 0 radical (unpaired) electrons. The zero-order valence-electron chi connectivity index (χ0n) is 22.2. The van der Waals surface area contributed by atoms with Gasteiger partial charge in [-0.1, -0.05) is 59.2 Å². The minimum Gasteiger partial charge on any atom is -0.506 e. The number of phenols is 1. The number of carbonyl (C=O) groups is 1. The summed E-state index contributed by atoms with van der Waals surface area (Å²) in [6.45, 7) is 1.63. The van der Waals surface area contributed by atoms with Gasteiger partial charge < -0.3 is 14.9 Å². The summed E-state index contributed by atoms with van der Waals surface area (Å²) in [5.41, 5.74) is 2.22. The van der Waals surface area contributed by atoms with Gasteiger partial charge >= 0.3 is 6.18 Å². The number of aryl methyl sites for hydroxylation is 1. The Bertz CT molecular complexity index is 1790. The topological polar surface area (TPSA) is 88.2 Å². The monoisotopic (exact) mass is 673 g/mol. The third kappa shape index (κ3) is 6.89. The number of aromatic hydroxyl groups is 1. The highest BCUT2D eigenvalue weighted by Crippen LogP contribution is 2.36. The van der Waals surface area contributed by atoms with Crippen molar-refractivity contribution < 1.29 is 32.0 Å². The highest BCUT2D eigenvalue weighted by Gasteiger charge is 2.30. The molecule has 43 heavy (non-hydrogen) atoms. The molecular weight excluding hydrogens is 654 g/mol. The van der Waals surface area contributed by atoms with Gasteiger partial charge in [-0.2, -0.15) is 18.2 Å². The normalized spacial score (nSPS) is 12.3. The standard InChI is InChI=1S/C31H21BrClF4N3O3/c1-16-38-30(43-40-16)27(12-17-2-4-18(5-3-17)20-8-11-26(34)25(33)15-20)39-29(42)23-13-21(14-24(32)28(23)41)19-6-9-22(10-7-19)31(35,36)37/h2-11,13-15,27,41H,12H2,1H3,(H,39,42)/t27-/m1/s1. The van der Waals surface area contributed by atoms with E-state index in [0.717, 1.165) is 28.8 Å². The number of nitrogens with one attached hydrogen (secondary N) is 1. The molecule has 4 aromatic carbocycles. The Hall–Kier alpha value is -4.22. The molecular formula is C31H21BrClF4N3O3. The molecule has 0 saturated carbocycles. The minimum atomic E-state index is -4.49. The number of benzene rings is 4. The molecule has 5 rings (SSSR count). The van der Waals surface area contributed by atoms with Crippen LogP contribution in [0.15, 0.2) is 87.9 Å². The molecule has 0 fully saturated rings. The number of halogens is 6. The summed E-state index contributed by atoms with van der Waals surface area (Å²) in [4.78, 5) is 17.8. The first kappa shape index (κ1) is 30.2. The zero-order valence-corrected chi connectivity index (χ0v) is 24.6. The van der Waals surface area contributed by atoms with Crippen LogP contribution >= 0.6 is 27.5 Å². The largest absolute Gasteiger partial charge is 0.506 e. The fourth-order valence-electron chi connectivity index (χ4n) is 4.43. The van der Waals surface area contributed by atoms with E-state index in [2.05, 4.69) is 31.4 Å². The second-order valence-electron chi connectivity index (χ2n) is 9.67. The van der Waals surface area contributed by atoms with Crippen LogP contribution in [0.4, 0.5) is 17.6 Å². The first-order valence-electron chi connectivity index (χ1n) is 12.7. The maximum Gasteiger partial charge on any atom is 0.416 e. The van der Waals surface area contributed by atoms with E-state index in [1.165, 1.54) is 36.4 Å². The lowest BCUT2D eigenvalue weighted by Crippen LogP contribution is -2.30. The maximum atomic E-state index is 13.6. The van der Waals surface area contributed by atoms with Crippen LogP contribution in [0.1, 0.15) is 39.2 Å². The molecule has 220 valence electrons. The number of amides is 1. The molecule has 1 aromatic heterocycles. The molecule has 5 aromatic rings. The van der Waals surface area contributed by atoms with Gasteiger partial charge in [0.05, 0.1) is 20.6 Å². The summed E-state index contributed by atoms with van der Waals surface area (Å²) in [5.74, 6) is -1.05. The fraction of sp³-hybridized carbons (Fsp3) is 0.129. The number of nitrogens with zero attached hydrogens (tertiary/aromatic N) is 2. The van der Waals surface area contributed by atoms with Gasteiger partial charge in [0.2, 0.25) is 5.89 Å². The molecule has 0 bridgehead atoms. The summed E-state index contributed by atoms with van der Waals surface area (Å²) < 4.78 is 58.2. The van der Waals surface area contributed by atoms with E-state index >= 15 is 0 Å². The molecule has 0 aliphatic heterocycles. The molecule has 0 aliphatic rings. The molecule has 1 atom stereocenters. The SMILES string of the molecule is Cc1noc([C@@H](Cc2ccc(-c3ccc(F)c(Cl)c3)cc2)NC(=O)c2cc(-c3ccc(C(F)(F)F)cc3)cc(Br)c2O)n1. The molecule has 1 heterocycles. The van der Waals surface area contributed by atoms with Crippen LogP contribution in [0.2, 0.25) is 5.02 Å². The lowest BCUT2D eigenvalue weighted by atomic mass is 9.99. The van der Waals surface area contributed by atoms with Crippen molar-refractivity contribution in [1.29, 1.82) is 0 Å². The predicted octanol–water partition coefficient (Wildman–Crippen LogP) is 8.71. The number of alkyl halides is 3. The van der Waals surface area contributed by atoms with Crippen molar-refractivity contribution in [2.24, 2.45) is 0 Å². The molecule has 0 saturated heterocycles. The van der Waals surface area contributed by atoms with Gasteiger partial charge in [-0.3, -0.25) is 4.79 Å². The second kappa shape index (κ2) is 12.2. The highest BCUT2D eigenvalue weighted by atomic mass is 79.9. The Balaban J connectivity index is 1.41. The molecule has 0 aliphatic carbocycles. The van der Waals surface area contributed by atoms with E-state index in [-0.39, 0.29) is 33.1 Å². The van der Waals surface area contributed by atoms with Crippen LogP contribution in [-0.2, 0) is 12.6 Å². The van der Waals surface area contributed by atoms with Crippen LogP contribution in [0, 0.1) is 12.7 Å². The van der Waals surface area contributed by atoms with Crippen molar-refractivity contribution >= 4 is 33.4 Å². The number of hydrogen-bond donors (Lipinski definition) is 2. The lowest BCUT2D eigenvalue weighted by molar-refractivity contribution is -0.137. The fourth-order valence-corrected chi connectivity index (χ4v) is 5.07. The van der Waals surface area contributed by atoms with Crippen LogP contribution in [0.3, 0.4) is 0 Å². The number of hydrogen-bond acceptors (Lipinski definition) is 5. The first-order valence-corrected chi connectivity index (χ1v) is 13.9. The van der Waals surface area contributed by atoms with E-state index in [0.29, 0.717) is 17.0 Å². The quantitative estimate of drug-likeness (QED) is 0.169. The van der Waals surface area contributed by atoms with Crippen LogP contribution < -0.4 is 5.32 Å². The van der Waals surface area contributed by atoms with Gasteiger partial charge in [0.15, 0.2) is 5.82 Å². The van der Waals surface area contributed by atoms with Gasteiger partial charge in [-0.25, -0.2) is 4.39 Å². The average Bonchev–Trinajstić information content (AvgIpc) is 3.41. The number of rotatable bonds is 7. The molecule has 0 unspecified atom stereocenters. The molecule has 1 amide bonds. The van der Waals surface area contributed by atoms with E-state index in [9.17, 15) is 27.5 Å². The Kier molecular flexibility index (Phi) is 8.57. The van der Waals surface area contributed by atoms with Gasteiger partial charge in [-0.15, -0.1) is 0 Å². The molecule has 0 spiro atoms.